The fourth-order valence-electron chi connectivity index (χ4n) is 5.47. The summed E-state index contributed by atoms with van der Waals surface area (Å²) in [6, 6.07) is 33.7. The van der Waals surface area contributed by atoms with Gasteiger partial charge in [-0.3, -0.25) is 9.59 Å². The summed E-state index contributed by atoms with van der Waals surface area (Å²) in [5.41, 5.74) is 8.08. The standard InChI is InChI=1S/C38H43NO5/c1-39(34-27-32(29-14-7-4-8-15-29)26-33(28-34)30-16-9-5-10-17-30)24-11-3-2-6-18-31-19-12-20-36(35(31)22-23-38(42)43)44-25-13-21-37(40)41/h4-5,7-10,12,14-17,19-20,26-28H,2-3,6,11,13,18,21-25H2,1H3,(H,40,41)(H,42,43). The molecule has 0 unspecified atom stereocenters. The van der Waals surface area contributed by atoms with Crippen LogP contribution in [0.15, 0.2) is 97.1 Å². The molecule has 44 heavy (non-hydrogen) atoms. The molecule has 0 aliphatic carbocycles. The highest BCUT2D eigenvalue weighted by atomic mass is 16.5. The number of unbranched alkanes of at least 4 members (excludes halogenated alkanes) is 3. The van der Waals surface area contributed by atoms with E-state index < -0.39 is 11.9 Å². The van der Waals surface area contributed by atoms with Gasteiger partial charge in [0, 0.05) is 32.1 Å². The molecule has 230 valence electrons. The molecule has 2 N–H and O–H groups in total. The Balaban J connectivity index is 1.33. The predicted molar refractivity (Wildman–Crippen MR) is 178 cm³/mol. The zero-order valence-electron chi connectivity index (χ0n) is 25.6. The first-order chi connectivity index (χ1) is 21.4. The molecule has 0 aliphatic heterocycles. The number of carboxylic acids is 2. The van der Waals surface area contributed by atoms with Crippen molar-refractivity contribution in [3.63, 3.8) is 0 Å². The van der Waals surface area contributed by atoms with E-state index in [-0.39, 0.29) is 12.8 Å². The minimum Gasteiger partial charge on any atom is -0.493 e. The summed E-state index contributed by atoms with van der Waals surface area (Å²) in [6.45, 7) is 1.25. The van der Waals surface area contributed by atoms with Gasteiger partial charge in [-0.05, 0) is 89.8 Å². The molecule has 0 heterocycles. The van der Waals surface area contributed by atoms with Crippen molar-refractivity contribution in [1.82, 2.24) is 0 Å². The Morgan fingerprint density at radius 3 is 1.86 bits per heavy atom. The largest absolute Gasteiger partial charge is 0.493 e. The van der Waals surface area contributed by atoms with Crippen LogP contribution in [0.25, 0.3) is 22.3 Å². The lowest BCUT2D eigenvalue weighted by molar-refractivity contribution is -0.138. The summed E-state index contributed by atoms with van der Waals surface area (Å²) < 4.78 is 5.89. The molecule has 0 radical (unpaired) electrons. The van der Waals surface area contributed by atoms with Crippen molar-refractivity contribution in [2.45, 2.75) is 57.8 Å². The summed E-state index contributed by atoms with van der Waals surface area (Å²) in [6.07, 6.45) is 6.02. The average Bonchev–Trinajstić information content (AvgIpc) is 3.04. The normalized spacial score (nSPS) is 10.8. The molecule has 0 saturated heterocycles. The summed E-state index contributed by atoms with van der Waals surface area (Å²) in [4.78, 5) is 24.5. The van der Waals surface area contributed by atoms with Gasteiger partial charge in [0.15, 0.2) is 0 Å². The van der Waals surface area contributed by atoms with Gasteiger partial charge in [-0.25, -0.2) is 0 Å². The molecule has 0 fully saturated rings. The van der Waals surface area contributed by atoms with E-state index in [4.69, 9.17) is 9.84 Å². The fraction of sp³-hybridized carbons (Fsp3) is 0.316. The van der Waals surface area contributed by atoms with Crippen molar-refractivity contribution in [2.75, 3.05) is 25.1 Å². The van der Waals surface area contributed by atoms with Gasteiger partial charge in [-0.2, -0.15) is 0 Å². The summed E-state index contributed by atoms with van der Waals surface area (Å²) in [5, 5.41) is 18.2. The van der Waals surface area contributed by atoms with Crippen molar-refractivity contribution in [3.8, 4) is 28.0 Å². The van der Waals surface area contributed by atoms with Crippen LogP contribution < -0.4 is 9.64 Å². The SMILES string of the molecule is CN(CCCCCCc1cccc(OCCCC(=O)O)c1CCC(=O)O)c1cc(-c2ccccc2)cc(-c2ccccc2)c1. The van der Waals surface area contributed by atoms with Crippen LogP contribution in [-0.2, 0) is 22.4 Å². The van der Waals surface area contributed by atoms with Crippen LogP contribution in [0, 0.1) is 0 Å². The minimum atomic E-state index is -0.850. The second kappa shape index (κ2) is 16.9. The van der Waals surface area contributed by atoms with Crippen molar-refractivity contribution in [3.05, 3.63) is 108 Å². The number of nitrogens with zero attached hydrogens (tertiary/aromatic N) is 1. The van der Waals surface area contributed by atoms with Crippen LogP contribution in [0.5, 0.6) is 5.75 Å². The first-order valence-corrected chi connectivity index (χ1v) is 15.5. The van der Waals surface area contributed by atoms with E-state index >= 15 is 0 Å². The number of aliphatic carboxylic acids is 2. The zero-order valence-corrected chi connectivity index (χ0v) is 25.6. The molecule has 0 spiro atoms. The summed E-state index contributed by atoms with van der Waals surface area (Å²) >= 11 is 0. The van der Waals surface area contributed by atoms with Gasteiger partial charge >= 0.3 is 11.9 Å². The third-order valence-electron chi connectivity index (χ3n) is 7.87. The van der Waals surface area contributed by atoms with Gasteiger partial charge in [-0.15, -0.1) is 0 Å². The van der Waals surface area contributed by atoms with Crippen molar-refractivity contribution < 1.29 is 24.5 Å². The molecule has 0 bridgehead atoms. The Kier molecular flexibility index (Phi) is 12.4. The van der Waals surface area contributed by atoms with E-state index in [9.17, 15) is 14.7 Å². The lowest BCUT2D eigenvalue weighted by Crippen LogP contribution is -2.18. The second-order valence-corrected chi connectivity index (χ2v) is 11.2. The maximum Gasteiger partial charge on any atom is 0.303 e. The number of rotatable bonds is 18. The fourth-order valence-corrected chi connectivity index (χ4v) is 5.47. The number of ether oxygens (including phenoxy) is 1. The van der Waals surface area contributed by atoms with Gasteiger partial charge in [0.2, 0.25) is 0 Å². The van der Waals surface area contributed by atoms with Crippen molar-refractivity contribution in [1.29, 1.82) is 0 Å². The average molecular weight is 594 g/mol. The number of carbonyl (C=O) groups is 2. The van der Waals surface area contributed by atoms with E-state index in [2.05, 4.69) is 84.7 Å². The maximum atomic E-state index is 11.3. The molecule has 0 aliphatic rings. The molecule has 0 saturated carbocycles. The third-order valence-corrected chi connectivity index (χ3v) is 7.87. The number of hydrogen-bond acceptors (Lipinski definition) is 4. The number of benzene rings is 4. The predicted octanol–water partition coefficient (Wildman–Crippen LogP) is 8.52. The van der Waals surface area contributed by atoms with Crippen LogP contribution in [0.1, 0.15) is 56.1 Å². The highest BCUT2D eigenvalue weighted by Gasteiger charge is 2.13. The topological polar surface area (TPSA) is 87.1 Å². The lowest BCUT2D eigenvalue weighted by Gasteiger charge is -2.22. The summed E-state index contributed by atoms with van der Waals surface area (Å²) in [7, 11) is 2.16. The highest BCUT2D eigenvalue weighted by Crippen LogP contribution is 2.32. The molecule has 4 aromatic carbocycles. The Morgan fingerprint density at radius 2 is 1.25 bits per heavy atom. The van der Waals surface area contributed by atoms with E-state index in [1.165, 1.54) is 27.9 Å². The highest BCUT2D eigenvalue weighted by molar-refractivity contribution is 5.78. The molecule has 0 atom stereocenters. The Bertz CT molecular complexity index is 1430. The zero-order chi connectivity index (χ0) is 31.1. The van der Waals surface area contributed by atoms with Gasteiger partial charge in [0.05, 0.1) is 6.61 Å². The number of aryl methyl sites for hydroxylation is 1. The molecule has 4 rings (SSSR count). The summed E-state index contributed by atoms with van der Waals surface area (Å²) in [5.74, 6) is -1.02. The maximum absolute atomic E-state index is 11.3. The first-order valence-electron chi connectivity index (χ1n) is 15.5. The third kappa shape index (κ3) is 10.0. The number of anilines is 1. The Labute approximate surface area is 260 Å². The Hall–Kier alpha value is -4.58. The van der Waals surface area contributed by atoms with Gasteiger partial charge in [-0.1, -0.05) is 85.6 Å². The van der Waals surface area contributed by atoms with Crippen LogP contribution in [0.4, 0.5) is 5.69 Å². The quantitative estimate of drug-likeness (QED) is 0.112. The minimum absolute atomic E-state index is 0.0340. The molecular weight excluding hydrogens is 550 g/mol. The second-order valence-electron chi connectivity index (χ2n) is 11.2. The van der Waals surface area contributed by atoms with Crippen molar-refractivity contribution in [2.24, 2.45) is 0 Å². The van der Waals surface area contributed by atoms with E-state index in [0.717, 1.165) is 49.8 Å². The van der Waals surface area contributed by atoms with Gasteiger partial charge in [0.1, 0.15) is 5.75 Å². The molecule has 0 amide bonds. The van der Waals surface area contributed by atoms with Crippen molar-refractivity contribution >= 4 is 17.6 Å². The smallest absolute Gasteiger partial charge is 0.303 e. The Morgan fingerprint density at radius 1 is 0.636 bits per heavy atom. The molecule has 6 heteroatoms. The van der Waals surface area contributed by atoms with Crippen LogP contribution in [-0.4, -0.2) is 42.4 Å². The van der Waals surface area contributed by atoms with E-state index in [1.54, 1.807) is 0 Å². The molecule has 4 aromatic rings. The molecule has 0 aromatic heterocycles. The van der Waals surface area contributed by atoms with Crippen LogP contribution in [0.3, 0.4) is 0 Å². The van der Waals surface area contributed by atoms with E-state index in [0.29, 0.717) is 25.2 Å². The molecule has 6 nitrogen and oxygen atoms in total. The first kappa shape index (κ1) is 32.3. The van der Waals surface area contributed by atoms with E-state index in [1.807, 2.05) is 24.3 Å². The molecular formula is C38H43NO5. The number of carboxylic acid groups (broad SMARTS) is 2. The monoisotopic (exact) mass is 593 g/mol. The van der Waals surface area contributed by atoms with Gasteiger partial charge in [0.25, 0.3) is 0 Å². The van der Waals surface area contributed by atoms with Crippen LogP contribution >= 0.6 is 0 Å². The van der Waals surface area contributed by atoms with Gasteiger partial charge < -0.3 is 19.8 Å². The van der Waals surface area contributed by atoms with Crippen LogP contribution in [0.2, 0.25) is 0 Å². The number of hydrogen-bond donors (Lipinski definition) is 2. The lowest BCUT2D eigenvalue weighted by atomic mass is 9.96.